The Morgan fingerprint density at radius 2 is 2.14 bits per heavy atom. The summed E-state index contributed by atoms with van der Waals surface area (Å²) in [5.74, 6) is -0.339. The van der Waals surface area contributed by atoms with Gasteiger partial charge in [-0.15, -0.1) is 13.2 Å². The van der Waals surface area contributed by atoms with Crippen LogP contribution in [0.4, 0.5) is 13.2 Å². The van der Waals surface area contributed by atoms with Gasteiger partial charge >= 0.3 is 6.36 Å². The molecule has 0 spiro atoms. The molecular formula is C13H17F3N2O3S. The molecule has 0 saturated carbocycles. The van der Waals surface area contributed by atoms with Gasteiger partial charge in [0.2, 0.25) is 10.0 Å². The maximum Gasteiger partial charge on any atom is 0.573 e. The SMILES string of the molecule is CNCC1CCN(S(=O)(=O)c2cccc(OC(F)(F)F)c2)C1. The summed E-state index contributed by atoms with van der Waals surface area (Å²) in [6, 6.07) is 4.47. The van der Waals surface area contributed by atoms with Gasteiger partial charge in [0.1, 0.15) is 5.75 Å². The molecule has 1 fully saturated rings. The molecule has 0 aliphatic carbocycles. The highest BCUT2D eigenvalue weighted by atomic mass is 32.2. The minimum absolute atomic E-state index is 0.195. The summed E-state index contributed by atoms with van der Waals surface area (Å²) in [7, 11) is -2.02. The lowest BCUT2D eigenvalue weighted by Crippen LogP contribution is -2.30. The average Bonchev–Trinajstić information content (AvgIpc) is 2.87. The van der Waals surface area contributed by atoms with Crippen molar-refractivity contribution in [3.8, 4) is 5.75 Å². The van der Waals surface area contributed by atoms with Crippen LogP contribution in [0.1, 0.15) is 6.42 Å². The van der Waals surface area contributed by atoms with Crippen LogP contribution >= 0.6 is 0 Å². The molecule has 9 heteroatoms. The van der Waals surface area contributed by atoms with Gasteiger partial charge in [-0.2, -0.15) is 4.31 Å². The van der Waals surface area contributed by atoms with Crippen LogP contribution in [0.25, 0.3) is 0 Å². The maximum absolute atomic E-state index is 12.5. The van der Waals surface area contributed by atoms with Crippen molar-refractivity contribution in [2.24, 2.45) is 5.92 Å². The van der Waals surface area contributed by atoms with E-state index in [1.165, 1.54) is 16.4 Å². The minimum atomic E-state index is -4.85. The molecule has 124 valence electrons. The summed E-state index contributed by atoms with van der Waals surface area (Å²) in [6.45, 7) is 1.41. The van der Waals surface area contributed by atoms with Crippen LogP contribution in [0.5, 0.6) is 5.75 Å². The number of rotatable bonds is 5. The summed E-state index contributed by atoms with van der Waals surface area (Å²) in [6.07, 6.45) is -4.13. The predicted octanol–water partition coefficient (Wildman–Crippen LogP) is 1.82. The van der Waals surface area contributed by atoms with Crippen molar-refractivity contribution in [1.29, 1.82) is 0 Å². The molecule has 2 rings (SSSR count). The number of hydrogen-bond acceptors (Lipinski definition) is 4. The van der Waals surface area contributed by atoms with Crippen molar-refractivity contribution in [2.75, 3.05) is 26.7 Å². The van der Waals surface area contributed by atoms with Gasteiger partial charge < -0.3 is 10.1 Å². The summed E-state index contributed by atoms with van der Waals surface area (Å²) in [5.41, 5.74) is 0. The molecule has 0 radical (unpaired) electrons. The Bertz CT molecular complexity index is 619. The zero-order valence-electron chi connectivity index (χ0n) is 11.9. The van der Waals surface area contributed by atoms with Gasteiger partial charge in [-0.1, -0.05) is 6.07 Å². The monoisotopic (exact) mass is 338 g/mol. The van der Waals surface area contributed by atoms with E-state index in [2.05, 4.69) is 10.1 Å². The van der Waals surface area contributed by atoms with Crippen LogP contribution in [0.3, 0.4) is 0 Å². The van der Waals surface area contributed by atoms with E-state index in [-0.39, 0.29) is 10.8 Å². The van der Waals surface area contributed by atoms with E-state index in [1.807, 2.05) is 0 Å². The van der Waals surface area contributed by atoms with Gasteiger partial charge in [-0.25, -0.2) is 8.42 Å². The molecule has 5 nitrogen and oxygen atoms in total. The number of ether oxygens (including phenoxy) is 1. The summed E-state index contributed by atoms with van der Waals surface area (Å²) in [4.78, 5) is -0.195. The topological polar surface area (TPSA) is 58.6 Å². The quantitative estimate of drug-likeness (QED) is 0.890. The first-order chi connectivity index (χ1) is 10.2. The molecule has 0 aromatic heterocycles. The highest BCUT2D eigenvalue weighted by molar-refractivity contribution is 7.89. The number of sulfonamides is 1. The Morgan fingerprint density at radius 3 is 2.77 bits per heavy atom. The molecule has 1 aromatic carbocycles. The number of alkyl halides is 3. The minimum Gasteiger partial charge on any atom is -0.406 e. The van der Waals surface area contributed by atoms with Crippen molar-refractivity contribution in [1.82, 2.24) is 9.62 Å². The largest absolute Gasteiger partial charge is 0.573 e. The predicted molar refractivity (Wildman–Crippen MR) is 73.9 cm³/mol. The number of benzene rings is 1. The van der Waals surface area contributed by atoms with E-state index in [0.717, 1.165) is 18.6 Å². The molecule has 22 heavy (non-hydrogen) atoms. The molecule has 1 saturated heterocycles. The molecule has 1 aliphatic rings. The van der Waals surface area contributed by atoms with Crippen LogP contribution in [-0.2, 0) is 10.0 Å². The lowest BCUT2D eigenvalue weighted by Gasteiger charge is -2.17. The molecule has 1 N–H and O–H groups in total. The maximum atomic E-state index is 12.5. The Balaban J connectivity index is 2.18. The van der Waals surface area contributed by atoms with Crippen molar-refractivity contribution >= 4 is 10.0 Å². The Labute approximate surface area is 127 Å². The van der Waals surface area contributed by atoms with E-state index < -0.39 is 22.1 Å². The lowest BCUT2D eigenvalue weighted by molar-refractivity contribution is -0.274. The van der Waals surface area contributed by atoms with Gasteiger partial charge in [0.15, 0.2) is 0 Å². The van der Waals surface area contributed by atoms with Crippen molar-refractivity contribution in [3.05, 3.63) is 24.3 Å². The Morgan fingerprint density at radius 1 is 1.41 bits per heavy atom. The van der Waals surface area contributed by atoms with Crippen LogP contribution < -0.4 is 10.1 Å². The summed E-state index contributed by atoms with van der Waals surface area (Å²) >= 11 is 0. The second-order valence-corrected chi connectivity index (χ2v) is 7.04. The fourth-order valence-electron chi connectivity index (χ4n) is 2.45. The zero-order valence-corrected chi connectivity index (χ0v) is 12.7. The third-order valence-corrected chi connectivity index (χ3v) is 5.28. The second-order valence-electron chi connectivity index (χ2n) is 5.10. The normalized spacial score (nSPS) is 20.3. The first kappa shape index (κ1) is 17.0. The molecule has 1 aromatic rings. The third-order valence-electron chi connectivity index (χ3n) is 3.42. The number of halogens is 3. The first-order valence-corrected chi connectivity index (χ1v) is 8.17. The van der Waals surface area contributed by atoms with E-state index in [0.29, 0.717) is 19.6 Å². The van der Waals surface area contributed by atoms with Crippen LogP contribution in [-0.4, -0.2) is 45.8 Å². The second kappa shape index (κ2) is 6.43. The molecule has 1 aliphatic heterocycles. The van der Waals surface area contributed by atoms with E-state index in [4.69, 9.17) is 0 Å². The number of hydrogen-bond donors (Lipinski definition) is 1. The van der Waals surface area contributed by atoms with Crippen LogP contribution in [0.15, 0.2) is 29.2 Å². The van der Waals surface area contributed by atoms with Gasteiger partial charge in [-0.05, 0) is 38.1 Å². The van der Waals surface area contributed by atoms with E-state index in [1.54, 1.807) is 7.05 Å². The molecule has 1 atom stereocenters. The Hall–Kier alpha value is -1.32. The molecule has 0 bridgehead atoms. The highest BCUT2D eigenvalue weighted by Gasteiger charge is 2.34. The van der Waals surface area contributed by atoms with Crippen molar-refractivity contribution in [3.63, 3.8) is 0 Å². The first-order valence-electron chi connectivity index (χ1n) is 6.73. The van der Waals surface area contributed by atoms with E-state index >= 15 is 0 Å². The number of nitrogens with zero attached hydrogens (tertiary/aromatic N) is 1. The standard InChI is InChI=1S/C13H17F3N2O3S/c1-17-8-10-5-6-18(9-10)22(19,20)12-4-2-3-11(7-12)21-13(14,15)16/h2-4,7,10,17H,5-6,8-9H2,1H3. The van der Waals surface area contributed by atoms with Gasteiger partial charge in [0.05, 0.1) is 4.90 Å². The van der Waals surface area contributed by atoms with Crippen molar-refractivity contribution in [2.45, 2.75) is 17.7 Å². The van der Waals surface area contributed by atoms with E-state index in [9.17, 15) is 21.6 Å². The van der Waals surface area contributed by atoms with Gasteiger partial charge in [0.25, 0.3) is 0 Å². The van der Waals surface area contributed by atoms with Crippen molar-refractivity contribution < 1.29 is 26.3 Å². The molecule has 1 unspecified atom stereocenters. The Kier molecular flexibility index (Phi) is 4.98. The zero-order chi connectivity index (χ0) is 16.4. The van der Waals surface area contributed by atoms with Crippen LogP contribution in [0.2, 0.25) is 0 Å². The van der Waals surface area contributed by atoms with Gasteiger partial charge in [-0.3, -0.25) is 0 Å². The third kappa shape index (κ3) is 4.11. The summed E-state index contributed by atoms with van der Waals surface area (Å²) < 4.78 is 66.7. The van der Waals surface area contributed by atoms with Gasteiger partial charge in [0, 0.05) is 19.2 Å². The summed E-state index contributed by atoms with van der Waals surface area (Å²) in [5, 5.41) is 2.99. The smallest absolute Gasteiger partial charge is 0.406 e. The fourth-order valence-corrected chi connectivity index (χ4v) is 4.02. The fraction of sp³-hybridized carbons (Fsp3) is 0.538. The molecular weight excluding hydrogens is 321 g/mol. The lowest BCUT2D eigenvalue weighted by atomic mass is 10.1. The molecule has 1 heterocycles. The number of nitrogens with one attached hydrogen (secondary N) is 1. The highest BCUT2D eigenvalue weighted by Crippen LogP contribution is 2.28. The molecule has 0 amide bonds. The average molecular weight is 338 g/mol. The van der Waals surface area contributed by atoms with Crippen LogP contribution in [0, 0.1) is 5.92 Å².